The molecule has 0 unspecified atom stereocenters. The Bertz CT molecular complexity index is 1890. The van der Waals surface area contributed by atoms with E-state index in [9.17, 15) is 22.4 Å². The number of carboxylic acid groups (broad SMARTS) is 1. The largest absolute Gasteiger partial charge is 0.542 e. The number of benzene rings is 3. The minimum Gasteiger partial charge on any atom is -0.542 e. The molecule has 0 saturated carbocycles. The number of thioether (sulfide) groups is 1. The molecule has 0 radical (unpaired) electrons. The van der Waals surface area contributed by atoms with Crippen LogP contribution in [0, 0.1) is 11.6 Å². The lowest BCUT2D eigenvalue weighted by Crippen LogP contribution is -2.51. The predicted octanol–water partition coefficient (Wildman–Crippen LogP) is 7.35. The molecule has 1 aliphatic rings. The van der Waals surface area contributed by atoms with Crippen LogP contribution in [0.5, 0.6) is 5.75 Å². The summed E-state index contributed by atoms with van der Waals surface area (Å²) in [6.45, 7) is 6.04. The lowest BCUT2D eigenvalue weighted by Gasteiger charge is -2.37. The number of quaternary nitrogens is 1. The minimum absolute atomic E-state index is 0.0541. The number of methoxy groups -OCH3 is 1. The molecule has 1 saturated heterocycles. The van der Waals surface area contributed by atoms with Crippen molar-refractivity contribution in [3.05, 3.63) is 105 Å². The van der Waals surface area contributed by atoms with Gasteiger partial charge in [-0.2, -0.15) is 13.2 Å². The molecule has 1 N–H and O–H groups in total. The topological polar surface area (TPSA) is 96.3 Å². The van der Waals surface area contributed by atoms with E-state index in [1.165, 1.54) is 36.0 Å². The summed E-state index contributed by atoms with van der Waals surface area (Å²) in [4.78, 5) is 26.5. The van der Waals surface area contributed by atoms with Crippen LogP contribution in [0.3, 0.4) is 0 Å². The molecule has 280 valence electrons. The number of ether oxygens (including phenoxy) is 1. The number of nitrogens with one attached hydrogen (secondary N) is 1. The van der Waals surface area contributed by atoms with Crippen molar-refractivity contribution in [1.82, 2.24) is 14.9 Å². The molecule has 0 aliphatic carbocycles. The molecule has 0 atom stereocenters. The summed E-state index contributed by atoms with van der Waals surface area (Å²) in [5.41, 5.74) is 2.34. The number of piperidine rings is 1. The monoisotopic (exact) mass is 786 g/mol. The van der Waals surface area contributed by atoms with Crippen LogP contribution < -0.4 is 15.2 Å². The third kappa shape index (κ3) is 9.97. The molecule has 1 amide bonds. The number of imidazole rings is 1. The van der Waals surface area contributed by atoms with Crippen molar-refractivity contribution in [2.24, 2.45) is 0 Å². The summed E-state index contributed by atoms with van der Waals surface area (Å²) in [7, 11) is 5.92. The highest BCUT2D eigenvalue weighted by atomic mass is 35.5. The summed E-state index contributed by atoms with van der Waals surface area (Å²) < 4.78 is 69.2. The standard InChI is InChI=1S/C34H36Cl2F2N4O2S.C2HF3O2/c1-34(2,22-6-11-27(35)30(18-22)44-5)31-19-39-33(41(31)25-9-7-23(37)8-10-25)45-20-26-28(36)16-21(17-29(26)38)32(43)40-24-12-14-42(3,4)15-13-24;3-2(4,5)1(6)7/h6-11,16-19,24H,12-15,20H2,1-5H3;(H,6,7). The second-order valence-corrected chi connectivity index (χ2v) is 15.1. The second kappa shape index (κ2) is 16.4. The van der Waals surface area contributed by atoms with E-state index in [0.29, 0.717) is 21.6 Å². The molecule has 5 rings (SSSR count). The highest BCUT2D eigenvalue weighted by Crippen LogP contribution is 2.40. The predicted molar refractivity (Wildman–Crippen MR) is 188 cm³/mol. The van der Waals surface area contributed by atoms with E-state index < -0.39 is 23.4 Å². The number of aliphatic carboxylic acids is 1. The van der Waals surface area contributed by atoms with E-state index in [4.69, 9.17) is 42.8 Å². The van der Waals surface area contributed by atoms with Gasteiger partial charge in [0.2, 0.25) is 0 Å². The van der Waals surface area contributed by atoms with Gasteiger partial charge < -0.3 is 24.4 Å². The average Bonchev–Trinajstić information content (AvgIpc) is 3.50. The van der Waals surface area contributed by atoms with Gasteiger partial charge in [-0.3, -0.25) is 9.36 Å². The van der Waals surface area contributed by atoms with E-state index in [2.05, 4.69) is 33.3 Å². The molecule has 2 heterocycles. The molecule has 0 bridgehead atoms. The van der Waals surface area contributed by atoms with Gasteiger partial charge in [0.25, 0.3) is 5.91 Å². The lowest BCUT2D eigenvalue weighted by atomic mass is 9.81. The number of nitrogens with zero attached hydrogens (tertiary/aromatic N) is 3. The normalized spacial score (nSPS) is 14.7. The Hall–Kier alpha value is -3.85. The van der Waals surface area contributed by atoms with Crippen molar-refractivity contribution in [2.75, 3.05) is 34.3 Å². The van der Waals surface area contributed by atoms with Crippen LogP contribution in [0.2, 0.25) is 10.0 Å². The Morgan fingerprint density at radius 3 is 2.19 bits per heavy atom. The molecule has 52 heavy (non-hydrogen) atoms. The number of carboxylic acids is 1. The number of rotatable bonds is 9. The summed E-state index contributed by atoms with van der Waals surface area (Å²) in [5, 5.41) is 13.1. The third-order valence-corrected chi connectivity index (χ3v) is 10.4. The average molecular weight is 788 g/mol. The zero-order chi connectivity index (χ0) is 38.6. The zero-order valence-corrected chi connectivity index (χ0v) is 31.2. The first-order valence-electron chi connectivity index (χ1n) is 15.9. The van der Waals surface area contributed by atoms with E-state index in [1.54, 1.807) is 31.5 Å². The summed E-state index contributed by atoms with van der Waals surface area (Å²) in [6, 6.07) is 14.6. The van der Waals surface area contributed by atoms with Crippen LogP contribution in [0.25, 0.3) is 5.69 Å². The Labute approximate surface area is 312 Å². The molecule has 3 aromatic carbocycles. The van der Waals surface area contributed by atoms with Crippen molar-refractivity contribution in [3.8, 4) is 11.4 Å². The van der Waals surface area contributed by atoms with Crippen molar-refractivity contribution >= 4 is 46.8 Å². The number of alkyl halides is 3. The maximum absolute atomic E-state index is 15.5. The quantitative estimate of drug-likeness (QED) is 0.108. The SMILES string of the molecule is COc1cc(C(C)(C)c2cnc(SCc3c(F)cc(C(=O)NC4CC[N+](C)(C)CC4)cc3Cl)n2-c2ccc(F)cc2)ccc1Cl.O=C([O-])C(F)(F)F. The molecule has 1 fully saturated rings. The fourth-order valence-corrected chi connectivity index (χ4v) is 7.18. The number of carbonyl (C=O) groups excluding carboxylic acids is 2. The summed E-state index contributed by atoms with van der Waals surface area (Å²) >= 11 is 14.2. The van der Waals surface area contributed by atoms with Gasteiger partial charge in [-0.05, 0) is 54.1 Å². The van der Waals surface area contributed by atoms with Gasteiger partial charge in [0.05, 0.1) is 51.2 Å². The highest BCUT2D eigenvalue weighted by molar-refractivity contribution is 7.98. The third-order valence-electron chi connectivity index (χ3n) is 8.81. The van der Waals surface area contributed by atoms with Gasteiger partial charge in [0.1, 0.15) is 23.4 Å². The lowest BCUT2D eigenvalue weighted by molar-refractivity contribution is -0.895. The smallest absolute Gasteiger partial charge is 0.430 e. The van der Waals surface area contributed by atoms with Crippen LogP contribution in [-0.2, 0) is 16.0 Å². The molecule has 8 nitrogen and oxygen atoms in total. The van der Waals surface area contributed by atoms with Crippen molar-refractivity contribution < 1.29 is 45.9 Å². The van der Waals surface area contributed by atoms with E-state index in [1.807, 2.05) is 16.7 Å². The maximum Gasteiger partial charge on any atom is 0.430 e. The van der Waals surface area contributed by atoms with Crippen LogP contribution >= 0.6 is 35.0 Å². The molecule has 0 spiro atoms. The van der Waals surface area contributed by atoms with Gasteiger partial charge in [0.15, 0.2) is 5.16 Å². The molecule has 1 aliphatic heterocycles. The first-order chi connectivity index (χ1) is 24.2. The molecule has 4 aromatic rings. The number of amides is 1. The molecule has 1 aromatic heterocycles. The number of aromatic nitrogens is 2. The van der Waals surface area contributed by atoms with Gasteiger partial charge in [-0.15, -0.1) is 0 Å². The van der Waals surface area contributed by atoms with Crippen molar-refractivity contribution in [3.63, 3.8) is 0 Å². The molecular formula is C36H37Cl2F5N4O4S. The van der Waals surface area contributed by atoms with Crippen LogP contribution in [0.4, 0.5) is 22.0 Å². The fraction of sp³-hybridized carbons (Fsp3) is 0.361. The molecular weight excluding hydrogens is 750 g/mol. The van der Waals surface area contributed by atoms with Gasteiger partial charge in [-0.1, -0.05) is 54.9 Å². The number of hydrogen-bond acceptors (Lipinski definition) is 6. The van der Waals surface area contributed by atoms with E-state index in [0.717, 1.165) is 41.7 Å². The van der Waals surface area contributed by atoms with Crippen LogP contribution in [0.15, 0.2) is 66.0 Å². The van der Waals surface area contributed by atoms with Gasteiger partial charge in [-0.25, -0.2) is 13.8 Å². The van der Waals surface area contributed by atoms with Crippen LogP contribution in [0.1, 0.15) is 53.9 Å². The number of likely N-dealkylation sites (tertiary alicyclic amines) is 1. The minimum atomic E-state index is -5.19. The fourth-order valence-electron chi connectivity index (χ4n) is 5.60. The zero-order valence-electron chi connectivity index (χ0n) is 28.9. The van der Waals surface area contributed by atoms with Crippen LogP contribution in [-0.4, -0.2) is 72.4 Å². The van der Waals surface area contributed by atoms with E-state index >= 15 is 4.39 Å². The first-order valence-corrected chi connectivity index (χ1v) is 17.7. The second-order valence-electron chi connectivity index (χ2n) is 13.3. The Morgan fingerprint density at radius 2 is 1.63 bits per heavy atom. The Morgan fingerprint density at radius 1 is 1.02 bits per heavy atom. The van der Waals surface area contributed by atoms with Crippen molar-refractivity contribution in [1.29, 1.82) is 0 Å². The highest BCUT2D eigenvalue weighted by Gasteiger charge is 2.32. The maximum atomic E-state index is 15.5. The van der Waals surface area contributed by atoms with E-state index in [-0.39, 0.29) is 39.7 Å². The molecule has 16 heteroatoms. The van der Waals surface area contributed by atoms with Gasteiger partial charge >= 0.3 is 6.18 Å². The van der Waals surface area contributed by atoms with Gasteiger partial charge in [0, 0.05) is 51.9 Å². The Balaban J connectivity index is 0.000000785. The summed E-state index contributed by atoms with van der Waals surface area (Å²) in [6.07, 6.45) is -1.69. The number of hydrogen-bond donors (Lipinski definition) is 1. The first kappa shape index (κ1) is 40.9. The Kier molecular flexibility index (Phi) is 12.9. The number of carbonyl (C=O) groups is 2. The van der Waals surface area contributed by atoms with Crippen molar-refractivity contribution in [2.45, 2.75) is 55.2 Å². The summed E-state index contributed by atoms with van der Waals surface area (Å²) in [5.74, 6) is -3.54. The number of halogens is 7.